The topological polar surface area (TPSA) is 86.5 Å². The van der Waals surface area contributed by atoms with E-state index in [-0.39, 0.29) is 18.0 Å². The number of anilines is 1. The minimum absolute atomic E-state index is 0.112. The Hall–Kier alpha value is -2.84. The molecule has 0 amide bonds. The fourth-order valence-electron chi connectivity index (χ4n) is 3.33. The molecule has 1 aromatic heterocycles. The van der Waals surface area contributed by atoms with Crippen LogP contribution >= 0.6 is 0 Å². The van der Waals surface area contributed by atoms with Gasteiger partial charge in [-0.15, -0.1) is 13.2 Å². The predicted octanol–water partition coefficient (Wildman–Crippen LogP) is 2.98. The predicted molar refractivity (Wildman–Crippen MR) is 103 cm³/mol. The van der Waals surface area contributed by atoms with Crippen molar-refractivity contribution in [1.82, 2.24) is 9.29 Å². The molecule has 30 heavy (non-hydrogen) atoms. The van der Waals surface area contributed by atoms with Gasteiger partial charge in [-0.2, -0.15) is 9.57 Å². The zero-order valence-electron chi connectivity index (χ0n) is 16.3. The molecule has 1 aliphatic rings. The van der Waals surface area contributed by atoms with Crippen LogP contribution in [0.3, 0.4) is 0 Å². The van der Waals surface area contributed by atoms with Crippen LogP contribution in [-0.2, 0) is 10.0 Å². The number of alkyl halides is 3. The molecule has 0 spiro atoms. The fraction of sp³-hybridized carbons (Fsp3) is 0.368. The first-order chi connectivity index (χ1) is 14.0. The van der Waals surface area contributed by atoms with E-state index in [9.17, 15) is 26.9 Å². The van der Waals surface area contributed by atoms with Crippen LogP contribution in [0.25, 0.3) is 0 Å². The van der Waals surface area contributed by atoms with Crippen molar-refractivity contribution < 1.29 is 26.3 Å². The number of hydrogen-bond acceptors (Lipinski definition) is 6. The van der Waals surface area contributed by atoms with Gasteiger partial charge >= 0.3 is 6.36 Å². The van der Waals surface area contributed by atoms with E-state index in [1.54, 1.807) is 13.0 Å². The van der Waals surface area contributed by atoms with E-state index in [4.69, 9.17) is 0 Å². The summed E-state index contributed by atoms with van der Waals surface area (Å²) in [5, 5.41) is 9.44. The van der Waals surface area contributed by atoms with Crippen molar-refractivity contribution in [2.45, 2.75) is 25.1 Å². The first-order valence-corrected chi connectivity index (χ1v) is 10.4. The molecule has 1 saturated heterocycles. The van der Waals surface area contributed by atoms with Gasteiger partial charge in [-0.3, -0.25) is 4.98 Å². The number of piperazine rings is 1. The lowest BCUT2D eigenvalue weighted by molar-refractivity contribution is -0.274. The van der Waals surface area contributed by atoms with Crippen LogP contribution < -0.4 is 9.64 Å². The number of rotatable bonds is 4. The van der Waals surface area contributed by atoms with Crippen molar-refractivity contribution >= 4 is 15.7 Å². The van der Waals surface area contributed by atoms with Gasteiger partial charge in [-0.1, -0.05) is 0 Å². The number of sulfonamides is 1. The van der Waals surface area contributed by atoms with Gasteiger partial charge < -0.3 is 9.64 Å². The van der Waals surface area contributed by atoms with Crippen LogP contribution in [-0.4, -0.2) is 50.2 Å². The number of pyridine rings is 1. The average Bonchev–Trinajstić information content (AvgIpc) is 2.67. The van der Waals surface area contributed by atoms with Crippen LogP contribution in [0.15, 0.2) is 35.2 Å². The molecular formula is C19H19F3N4O3S. The second-order valence-corrected chi connectivity index (χ2v) is 8.70. The smallest absolute Gasteiger partial charge is 0.406 e. The second kappa shape index (κ2) is 8.12. The van der Waals surface area contributed by atoms with Crippen molar-refractivity contribution in [2.24, 2.45) is 0 Å². The number of hydrogen-bond donors (Lipinski definition) is 0. The van der Waals surface area contributed by atoms with Gasteiger partial charge in [0.1, 0.15) is 11.8 Å². The van der Waals surface area contributed by atoms with E-state index in [0.29, 0.717) is 30.0 Å². The minimum Gasteiger partial charge on any atom is -0.406 e. The fourth-order valence-corrected chi connectivity index (χ4v) is 4.75. The zero-order chi connectivity index (χ0) is 22.1. The maximum Gasteiger partial charge on any atom is 0.573 e. The molecule has 1 aromatic carbocycles. The Morgan fingerprint density at radius 2 is 1.70 bits per heavy atom. The Labute approximate surface area is 172 Å². The maximum absolute atomic E-state index is 12.8. The van der Waals surface area contributed by atoms with Gasteiger partial charge in [0, 0.05) is 31.9 Å². The number of aromatic nitrogens is 1. The molecular weight excluding hydrogens is 421 g/mol. The largest absolute Gasteiger partial charge is 0.573 e. The van der Waals surface area contributed by atoms with E-state index in [2.05, 4.69) is 15.8 Å². The lowest BCUT2D eigenvalue weighted by Crippen LogP contribution is -2.49. The Morgan fingerprint density at radius 3 is 2.23 bits per heavy atom. The molecule has 160 valence electrons. The molecule has 1 aliphatic heterocycles. The molecule has 3 rings (SSSR count). The normalized spacial score (nSPS) is 15.7. The van der Waals surface area contributed by atoms with Gasteiger partial charge in [0.2, 0.25) is 10.0 Å². The van der Waals surface area contributed by atoms with Crippen LogP contribution in [0, 0.1) is 25.2 Å². The SMILES string of the molecule is Cc1cc(N2CCN(S(=O)(=O)c3ccc(OC(F)(F)F)cc3)CC2)c(C#N)c(C)n1. The Morgan fingerprint density at radius 1 is 1.10 bits per heavy atom. The second-order valence-electron chi connectivity index (χ2n) is 6.77. The monoisotopic (exact) mass is 440 g/mol. The number of benzene rings is 1. The lowest BCUT2D eigenvalue weighted by atomic mass is 10.1. The van der Waals surface area contributed by atoms with E-state index in [1.165, 1.54) is 4.31 Å². The minimum atomic E-state index is -4.84. The summed E-state index contributed by atoms with van der Waals surface area (Å²) in [5.74, 6) is -0.487. The summed E-state index contributed by atoms with van der Waals surface area (Å²) in [4.78, 5) is 6.11. The summed E-state index contributed by atoms with van der Waals surface area (Å²) in [7, 11) is -3.87. The van der Waals surface area contributed by atoms with Crippen LogP contribution in [0.2, 0.25) is 0 Å². The maximum atomic E-state index is 12.8. The van der Waals surface area contributed by atoms with Gasteiger partial charge in [-0.05, 0) is 44.2 Å². The number of nitrogens with zero attached hydrogens (tertiary/aromatic N) is 4. The summed E-state index contributed by atoms with van der Waals surface area (Å²) >= 11 is 0. The zero-order valence-corrected chi connectivity index (χ0v) is 17.1. The van der Waals surface area contributed by atoms with E-state index in [1.807, 2.05) is 11.8 Å². The molecule has 2 heterocycles. The summed E-state index contributed by atoms with van der Waals surface area (Å²) in [6, 6.07) is 8.07. The highest BCUT2D eigenvalue weighted by Crippen LogP contribution is 2.28. The average molecular weight is 440 g/mol. The third kappa shape index (κ3) is 4.66. The molecule has 0 N–H and O–H groups in total. The van der Waals surface area contributed by atoms with Gasteiger partial charge in [0.25, 0.3) is 0 Å². The summed E-state index contributed by atoms with van der Waals surface area (Å²) in [5.41, 5.74) is 2.55. The summed E-state index contributed by atoms with van der Waals surface area (Å²) in [6.07, 6.45) is -4.84. The van der Waals surface area contributed by atoms with Crippen molar-refractivity contribution in [3.05, 3.63) is 47.3 Å². The third-order valence-electron chi connectivity index (χ3n) is 4.69. The molecule has 1 fully saturated rings. The summed E-state index contributed by atoms with van der Waals surface area (Å²) < 4.78 is 67.5. The molecule has 0 aliphatic carbocycles. The third-order valence-corrected chi connectivity index (χ3v) is 6.61. The standard InChI is InChI=1S/C19H19F3N4O3S/c1-13-11-18(17(12-23)14(2)24-13)25-7-9-26(10-8-25)30(27,28)16-5-3-15(4-6-16)29-19(20,21)22/h3-6,11H,7-10H2,1-2H3. The van der Waals surface area contributed by atoms with E-state index >= 15 is 0 Å². The van der Waals surface area contributed by atoms with Crippen LogP contribution in [0.1, 0.15) is 17.0 Å². The number of aryl methyl sites for hydroxylation is 2. The molecule has 11 heteroatoms. The molecule has 0 saturated carbocycles. The van der Waals surface area contributed by atoms with Crippen molar-refractivity contribution in [2.75, 3.05) is 31.1 Å². The van der Waals surface area contributed by atoms with Gasteiger partial charge in [0.05, 0.1) is 21.8 Å². The number of halogens is 3. The molecule has 7 nitrogen and oxygen atoms in total. The first-order valence-electron chi connectivity index (χ1n) is 9.00. The van der Waals surface area contributed by atoms with Crippen molar-refractivity contribution in [3.63, 3.8) is 0 Å². The lowest BCUT2D eigenvalue weighted by Gasteiger charge is -2.36. The Kier molecular flexibility index (Phi) is 5.92. The molecule has 0 bridgehead atoms. The van der Waals surface area contributed by atoms with Crippen LogP contribution in [0.5, 0.6) is 5.75 Å². The van der Waals surface area contributed by atoms with Crippen LogP contribution in [0.4, 0.5) is 18.9 Å². The Balaban J connectivity index is 1.74. The van der Waals surface area contributed by atoms with E-state index in [0.717, 1.165) is 30.0 Å². The highest BCUT2D eigenvalue weighted by Gasteiger charge is 2.32. The number of nitriles is 1. The van der Waals surface area contributed by atoms with Crippen molar-refractivity contribution in [3.8, 4) is 11.8 Å². The quantitative estimate of drug-likeness (QED) is 0.727. The molecule has 0 unspecified atom stereocenters. The van der Waals surface area contributed by atoms with Gasteiger partial charge in [0.15, 0.2) is 0 Å². The first kappa shape index (κ1) is 21.9. The Bertz CT molecular complexity index is 1070. The molecule has 2 aromatic rings. The summed E-state index contributed by atoms with van der Waals surface area (Å²) in [6.45, 7) is 4.66. The van der Waals surface area contributed by atoms with E-state index < -0.39 is 22.1 Å². The number of ether oxygens (including phenoxy) is 1. The van der Waals surface area contributed by atoms with Crippen molar-refractivity contribution in [1.29, 1.82) is 5.26 Å². The molecule has 0 atom stereocenters. The van der Waals surface area contributed by atoms with Gasteiger partial charge in [-0.25, -0.2) is 8.42 Å². The molecule has 0 radical (unpaired) electrons. The highest BCUT2D eigenvalue weighted by molar-refractivity contribution is 7.89. The highest BCUT2D eigenvalue weighted by atomic mass is 32.2.